The lowest BCUT2D eigenvalue weighted by molar-refractivity contribution is 0.0671. The molecule has 2 aliphatic heterocycles. The van der Waals surface area contributed by atoms with Crippen LogP contribution in [-0.2, 0) is 4.74 Å². The van der Waals surface area contributed by atoms with Crippen LogP contribution in [0.2, 0.25) is 5.02 Å². The molecule has 0 spiro atoms. The first-order valence-electron chi connectivity index (χ1n) is 10.4. The number of nitrogens with one attached hydrogen (secondary N) is 1. The van der Waals surface area contributed by atoms with E-state index < -0.39 is 0 Å². The highest BCUT2D eigenvalue weighted by Crippen LogP contribution is 2.34. The van der Waals surface area contributed by atoms with E-state index >= 15 is 0 Å². The van der Waals surface area contributed by atoms with E-state index in [1.165, 1.54) is 0 Å². The highest BCUT2D eigenvalue weighted by Gasteiger charge is 2.36. The normalized spacial score (nSPS) is 19.8. The first-order chi connectivity index (χ1) is 14.6. The van der Waals surface area contributed by atoms with Crippen LogP contribution in [0, 0.1) is 0 Å². The molecule has 1 atom stereocenters. The van der Waals surface area contributed by atoms with Crippen LogP contribution >= 0.6 is 11.6 Å². The molecule has 2 saturated heterocycles. The monoisotopic (exact) mass is 429 g/mol. The molecule has 30 heavy (non-hydrogen) atoms. The third kappa shape index (κ3) is 3.51. The maximum absolute atomic E-state index is 12.7. The van der Waals surface area contributed by atoms with Gasteiger partial charge in [-0.2, -0.15) is 5.10 Å². The number of likely N-dealkylation sites (tertiary alicyclic amines) is 1. The first kappa shape index (κ1) is 19.6. The van der Waals surface area contributed by atoms with Crippen molar-refractivity contribution in [3.05, 3.63) is 45.6 Å². The SMILES string of the molecule is CC[C@H](c1nc2c(cnn2C2CCOCC2)c(=O)[nH]1)N1CC(c2ncc(Cl)cn2)C1. The molecule has 2 fully saturated rings. The summed E-state index contributed by atoms with van der Waals surface area (Å²) in [6.07, 6.45) is 7.49. The van der Waals surface area contributed by atoms with E-state index in [2.05, 4.69) is 31.9 Å². The van der Waals surface area contributed by atoms with Gasteiger partial charge in [-0.15, -0.1) is 0 Å². The Bertz CT molecular complexity index is 1080. The van der Waals surface area contributed by atoms with Gasteiger partial charge in [0.2, 0.25) is 0 Å². The third-order valence-electron chi connectivity index (χ3n) is 6.08. The van der Waals surface area contributed by atoms with Crippen LogP contribution in [0.1, 0.15) is 55.8 Å². The number of hydrogen-bond acceptors (Lipinski definition) is 7. The van der Waals surface area contributed by atoms with Crippen molar-refractivity contribution in [3.63, 3.8) is 0 Å². The zero-order valence-corrected chi connectivity index (χ0v) is 17.5. The summed E-state index contributed by atoms with van der Waals surface area (Å²) in [5, 5.41) is 5.56. The summed E-state index contributed by atoms with van der Waals surface area (Å²) in [5.41, 5.74) is 0.530. The lowest BCUT2D eigenvalue weighted by Crippen LogP contribution is -2.48. The largest absolute Gasteiger partial charge is 0.381 e. The quantitative estimate of drug-likeness (QED) is 0.664. The number of halogens is 1. The summed E-state index contributed by atoms with van der Waals surface area (Å²) >= 11 is 5.89. The van der Waals surface area contributed by atoms with E-state index in [1.54, 1.807) is 18.6 Å². The van der Waals surface area contributed by atoms with Gasteiger partial charge < -0.3 is 9.72 Å². The second kappa shape index (κ2) is 8.05. The molecule has 0 amide bonds. The Morgan fingerprint density at radius 1 is 1.23 bits per heavy atom. The lowest BCUT2D eigenvalue weighted by atomic mass is 9.95. The number of rotatable bonds is 5. The molecule has 0 aliphatic carbocycles. The summed E-state index contributed by atoms with van der Waals surface area (Å²) in [5.74, 6) is 1.76. The molecular formula is C20H24ClN7O2. The molecule has 0 aromatic carbocycles. The summed E-state index contributed by atoms with van der Waals surface area (Å²) in [6.45, 7) is 5.17. The number of ether oxygens (including phenoxy) is 1. The maximum atomic E-state index is 12.7. The average Bonchev–Trinajstić information content (AvgIpc) is 3.16. The Hall–Kier alpha value is -2.36. The van der Waals surface area contributed by atoms with E-state index in [-0.39, 0.29) is 23.6 Å². The molecular weight excluding hydrogens is 406 g/mol. The Morgan fingerprint density at radius 2 is 1.97 bits per heavy atom. The molecule has 5 heterocycles. The Balaban J connectivity index is 1.40. The maximum Gasteiger partial charge on any atom is 0.262 e. The topological polar surface area (TPSA) is 102 Å². The summed E-state index contributed by atoms with van der Waals surface area (Å²) < 4.78 is 7.37. The minimum absolute atomic E-state index is 0.0312. The number of H-pyrrole nitrogens is 1. The molecule has 158 valence electrons. The lowest BCUT2D eigenvalue weighted by Gasteiger charge is -2.42. The smallest absolute Gasteiger partial charge is 0.262 e. The highest BCUT2D eigenvalue weighted by molar-refractivity contribution is 6.30. The van der Waals surface area contributed by atoms with E-state index in [9.17, 15) is 4.79 Å². The second-order valence-electron chi connectivity index (χ2n) is 7.96. The fourth-order valence-electron chi connectivity index (χ4n) is 4.40. The molecule has 1 N–H and O–H groups in total. The zero-order valence-electron chi connectivity index (χ0n) is 16.8. The van der Waals surface area contributed by atoms with E-state index in [0.29, 0.717) is 35.1 Å². The Kier molecular flexibility index (Phi) is 5.26. The molecule has 10 heteroatoms. The minimum atomic E-state index is -0.134. The molecule has 0 bridgehead atoms. The minimum Gasteiger partial charge on any atom is -0.381 e. The Labute approximate surface area is 178 Å². The van der Waals surface area contributed by atoms with Crippen molar-refractivity contribution in [2.45, 2.75) is 44.2 Å². The molecule has 3 aromatic rings. The van der Waals surface area contributed by atoms with Crippen molar-refractivity contribution < 1.29 is 4.74 Å². The fourth-order valence-corrected chi connectivity index (χ4v) is 4.49. The van der Waals surface area contributed by atoms with Crippen molar-refractivity contribution in [1.82, 2.24) is 34.6 Å². The third-order valence-corrected chi connectivity index (χ3v) is 6.27. The summed E-state index contributed by atoms with van der Waals surface area (Å²) in [7, 11) is 0. The van der Waals surface area contributed by atoms with E-state index in [1.807, 2.05) is 4.68 Å². The molecule has 0 radical (unpaired) electrons. The van der Waals surface area contributed by atoms with Crippen LogP contribution in [0.5, 0.6) is 0 Å². The number of nitrogens with zero attached hydrogens (tertiary/aromatic N) is 6. The standard InChI is InChI=1S/C20H24ClN7O2/c1-2-16(27-10-12(11-27)17-22-7-13(21)8-23-17)18-25-19-15(20(29)26-18)9-24-28(19)14-3-5-30-6-4-14/h7-9,12,14,16H,2-6,10-11H2,1H3,(H,25,26,29)/t16-/m1/s1. The van der Waals surface area contributed by atoms with Gasteiger partial charge in [-0.1, -0.05) is 18.5 Å². The molecule has 0 saturated carbocycles. The summed E-state index contributed by atoms with van der Waals surface area (Å²) in [6, 6.07) is 0.248. The van der Waals surface area contributed by atoms with Crippen LogP contribution in [0.15, 0.2) is 23.4 Å². The fraction of sp³-hybridized carbons (Fsp3) is 0.550. The number of aromatic nitrogens is 6. The van der Waals surface area contributed by atoms with Gasteiger partial charge in [0.15, 0.2) is 5.65 Å². The number of hydrogen-bond donors (Lipinski definition) is 1. The van der Waals surface area contributed by atoms with Gasteiger partial charge in [-0.25, -0.2) is 19.6 Å². The van der Waals surface area contributed by atoms with Gasteiger partial charge in [0.05, 0.1) is 23.3 Å². The van der Waals surface area contributed by atoms with E-state index in [0.717, 1.165) is 38.2 Å². The van der Waals surface area contributed by atoms with Gasteiger partial charge in [0, 0.05) is 44.6 Å². The van der Waals surface area contributed by atoms with Crippen LogP contribution in [0.25, 0.3) is 11.0 Å². The molecule has 9 nitrogen and oxygen atoms in total. The van der Waals surface area contributed by atoms with Gasteiger partial charge in [0.25, 0.3) is 5.56 Å². The first-order valence-corrected chi connectivity index (χ1v) is 10.8. The van der Waals surface area contributed by atoms with Gasteiger partial charge in [-0.3, -0.25) is 9.69 Å². The van der Waals surface area contributed by atoms with Crippen LogP contribution in [0.4, 0.5) is 0 Å². The van der Waals surface area contributed by atoms with Crippen molar-refractivity contribution in [3.8, 4) is 0 Å². The molecule has 2 aliphatic rings. The van der Waals surface area contributed by atoms with Crippen LogP contribution in [-0.4, -0.2) is 60.9 Å². The molecule has 5 rings (SSSR count). The van der Waals surface area contributed by atoms with Gasteiger partial charge in [-0.05, 0) is 19.3 Å². The van der Waals surface area contributed by atoms with Crippen LogP contribution < -0.4 is 5.56 Å². The predicted molar refractivity (Wildman–Crippen MR) is 112 cm³/mol. The predicted octanol–water partition coefficient (Wildman–Crippen LogP) is 2.46. The second-order valence-corrected chi connectivity index (χ2v) is 8.39. The number of fused-ring (bicyclic) bond motifs is 1. The number of aromatic amines is 1. The van der Waals surface area contributed by atoms with Crippen LogP contribution in [0.3, 0.4) is 0 Å². The van der Waals surface area contributed by atoms with Gasteiger partial charge >= 0.3 is 0 Å². The molecule has 0 unspecified atom stereocenters. The van der Waals surface area contributed by atoms with E-state index in [4.69, 9.17) is 21.3 Å². The Morgan fingerprint density at radius 3 is 2.67 bits per heavy atom. The summed E-state index contributed by atoms with van der Waals surface area (Å²) in [4.78, 5) is 31.6. The average molecular weight is 430 g/mol. The zero-order chi connectivity index (χ0) is 20.7. The van der Waals surface area contributed by atoms with Crippen molar-refractivity contribution in [2.75, 3.05) is 26.3 Å². The van der Waals surface area contributed by atoms with Crippen molar-refractivity contribution in [1.29, 1.82) is 0 Å². The molecule has 3 aromatic heterocycles. The van der Waals surface area contributed by atoms with Crippen molar-refractivity contribution in [2.24, 2.45) is 0 Å². The highest BCUT2D eigenvalue weighted by atomic mass is 35.5. The van der Waals surface area contributed by atoms with Gasteiger partial charge in [0.1, 0.15) is 17.0 Å². The van der Waals surface area contributed by atoms with Crippen molar-refractivity contribution >= 4 is 22.6 Å².